The van der Waals surface area contributed by atoms with Gasteiger partial charge in [0.15, 0.2) is 0 Å². The molecule has 0 atom stereocenters. The van der Waals surface area contributed by atoms with Crippen molar-refractivity contribution in [1.29, 1.82) is 0 Å². The fourth-order valence-corrected chi connectivity index (χ4v) is 0.719. The molecule has 0 amide bonds. The van der Waals surface area contributed by atoms with Crippen LogP contribution in [0.15, 0.2) is 41.9 Å². The van der Waals surface area contributed by atoms with Crippen molar-refractivity contribution in [3.63, 3.8) is 0 Å². The Hall–Kier alpha value is -1.51. The standard InChI is InChI=1S/C7H9N3/c1-2-9-6-3-4-10-7(6)5-8/h2-5,10H,1,8H2/b7-5+,9-6-. The van der Waals surface area contributed by atoms with Crippen LogP contribution >= 0.6 is 0 Å². The summed E-state index contributed by atoms with van der Waals surface area (Å²) in [6, 6.07) is 0. The third-order valence-corrected chi connectivity index (χ3v) is 1.15. The summed E-state index contributed by atoms with van der Waals surface area (Å²) in [6.45, 7) is 3.48. The van der Waals surface area contributed by atoms with E-state index in [9.17, 15) is 0 Å². The Balaban J connectivity index is 2.86. The molecule has 3 heteroatoms. The zero-order valence-corrected chi connectivity index (χ0v) is 5.54. The van der Waals surface area contributed by atoms with Gasteiger partial charge in [0, 0.05) is 18.6 Å². The predicted octanol–water partition coefficient (Wildman–Crippen LogP) is 0.488. The highest BCUT2D eigenvalue weighted by atomic mass is 14.9. The summed E-state index contributed by atoms with van der Waals surface area (Å²) in [5.41, 5.74) is 6.91. The van der Waals surface area contributed by atoms with Gasteiger partial charge in [-0.05, 0) is 6.08 Å². The van der Waals surface area contributed by atoms with E-state index in [0.717, 1.165) is 11.4 Å². The van der Waals surface area contributed by atoms with Crippen molar-refractivity contribution in [3.05, 3.63) is 37.0 Å². The van der Waals surface area contributed by atoms with E-state index in [0.29, 0.717) is 0 Å². The van der Waals surface area contributed by atoms with Gasteiger partial charge in [-0.15, -0.1) is 0 Å². The van der Waals surface area contributed by atoms with Gasteiger partial charge in [0.2, 0.25) is 0 Å². The second-order valence-electron chi connectivity index (χ2n) is 1.75. The highest BCUT2D eigenvalue weighted by Crippen LogP contribution is 2.01. The lowest BCUT2D eigenvalue weighted by atomic mass is 10.3. The summed E-state index contributed by atoms with van der Waals surface area (Å²) < 4.78 is 0. The summed E-state index contributed by atoms with van der Waals surface area (Å²) in [4.78, 5) is 3.96. The Bertz CT molecular complexity index is 223. The van der Waals surface area contributed by atoms with Gasteiger partial charge in [-0.3, -0.25) is 4.99 Å². The SMILES string of the molecule is C=C/N=C1/C=CN/C1=C/N. The van der Waals surface area contributed by atoms with Gasteiger partial charge in [-0.1, -0.05) is 6.58 Å². The van der Waals surface area contributed by atoms with Crippen molar-refractivity contribution in [2.75, 3.05) is 0 Å². The quantitative estimate of drug-likeness (QED) is 0.549. The van der Waals surface area contributed by atoms with Gasteiger partial charge in [0.1, 0.15) is 0 Å². The van der Waals surface area contributed by atoms with Gasteiger partial charge < -0.3 is 11.1 Å². The van der Waals surface area contributed by atoms with Crippen LogP contribution in [0.2, 0.25) is 0 Å². The lowest BCUT2D eigenvalue weighted by Gasteiger charge is -1.95. The zero-order valence-electron chi connectivity index (χ0n) is 5.54. The molecular formula is C7H9N3. The Morgan fingerprint density at radius 2 is 2.50 bits per heavy atom. The predicted molar refractivity (Wildman–Crippen MR) is 42.2 cm³/mol. The molecule has 1 rings (SSSR count). The minimum absolute atomic E-state index is 0.817. The van der Waals surface area contributed by atoms with Crippen LogP contribution < -0.4 is 11.1 Å². The first-order valence-electron chi connectivity index (χ1n) is 2.92. The molecule has 3 nitrogen and oxygen atoms in total. The van der Waals surface area contributed by atoms with Crippen LogP contribution in [0.25, 0.3) is 0 Å². The second-order valence-corrected chi connectivity index (χ2v) is 1.75. The van der Waals surface area contributed by atoms with E-state index in [1.54, 1.807) is 6.20 Å². The van der Waals surface area contributed by atoms with E-state index < -0.39 is 0 Å². The van der Waals surface area contributed by atoms with Gasteiger partial charge >= 0.3 is 0 Å². The molecule has 0 saturated heterocycles. The maximum atomic E-state index is 5.27. The summed E-state index contributed by atoms with van der Waals surface area (Å²) in [7, 11) is 0. The second kappa shape index (κ2) is 2.87. The van der Waals surface area contributed by atoms with E-state index in [4.69, 9.17) is 5.73 Å². The van der Waals surface area contributed by atoms with E-state index in [1.165, 1.54) is 12.4 Å². The molecule has 0 aliphatic carbocycles. The first kappa shape index (κ1) is 6.61. The summed E-state index contributed by atoms with van der Waals surface area (Å²) in [5.74, 6) is 0. The van der Waals surface area contributed by atoms with Crippen molar-refractivity contribution >= 4 is 5.71 Å². The van der Waals surface area contributed by atoms with Crippen molar-refractivity contribution in [3.8, 4) is 0 Å². The molecule has 0 aromatic rings. The molecule has 3 N–H and O–H groups in total. The molecular weight excluding hydrogens is 126 g/mol. The first-order chi connectivity index (χ1) is 4.88. The maximum Gasteiger partial charge on any atom is 0.0893 e. The number of aliphatic imine (C=N–C) groups is 1. The molecule has 0 aromatic carbocycles. The number of rotatable bonds is 1. The Morgan fingerprint density at radius 3 is 3.10 bits per heavy atom. The number of hydrogen-bond acceptors (Lipinski definition) is 3. The topological polar surface area (TPSA) is 50.4 Å². The third-order valence-electron chi connectivity index (χ3n) is 1.15. The number of nitrogens with two attached hydrogens (primary N) is 1. The maximum absolute atomic E-state index is 5.27. The van der Waals surface area contributed by atoms with Gasteiger partial charge in [0.05, 0.1) is 11.4 Å². The van der Waals surface area contributed by atoms with E-state index in [1.807, 2.05) is 6.08 Å². The molecule has 10 heavy (non-hydrogen) atoms. The van der Waals surface area contributed by atoms with Crippen molar-refractivity contribution < 1.29 is 0 Å². The fourth-order valence-electron chi connectivity index (χ4n) is 0.719. The van der Waals surface area contributed by atoms with E-state index in [2.05, 4.69) is 16.9 Å². The molecule has 0 radical (unpaired) electrons. The third kappa shape index (κ3) is 1.07. The molecule has 0 fully saturated rings. The Labute approximate surface area is 59.6 Å². The summed E-state index contributed by atoms with van der Waals surface area (Å²) in [5, 5.41) is 2.92. The highest BCUT2D eigenvalue weighted by Gasteiger charge is 2.05. The van der Waals surface area contributed by atoms with E-state index in [-0.39, 0.29) is 0 Å². The molecule has 0 unspecified atom stereocenters. The van der Waals surface area contributed by atoms with Crippen LogP contribution in [0.1, 0.15) is 0 Å². The smallest absolute Gasteiger partial charge is 0.0893 e. The molecule has 0 saturated carbocycles. The monoisotopic (exact) mass is 135 g/mol. The lowest BCUT2D eigenvalue weighted by molar-refractivity contribution is 1.16. The number of nitrogens with one attached hydrogen (secondary N) is 1. The van der Waals surface area contributed by atoms with Crippen molar-refractivity contribution in [2.45, 2.75) is 0 Å². The molecule has 1 aliphatic heterocycles. The Morgan fingerprint density at radius 1 is 1.70 bits per heavy atom. The Kier molecular flexibility index (Phi) is 1.89. The zero-order chi connectivity index (χ0) is 7.40. The molecule has 0 bridgehead atoms. The number of nitrogens with zero attached hydrogens (tertiary/aromatic N) is 1. The molecule has 52 valence electrons. The molecule has 0 aromatic heterocycles. The van der Waals surface area contributed by atoms with Crippen LogP contribution in [0.5, 0.6) is 0 Å². The highest BCUT2D eigenvalue weighted by molar-refractivity contribution is 6.10. The van der Waals surface area contributed by atoms with Gasteiger partial charge in [-0.25, -0.2) is 0 Å². The van der Waals surface area contributed by atoms with Crippen LogP contribution in [-0.4, -0.2) is 5.71 Å². The van der Waals surface area contributed by atoms with Crippen molar-refractivity contribution in [1.82, 2.24) is 5.32 Å². The summed E-state index contributed by atoms with van der Waals surface area (Å²) >= 11 is 0. The van der Waals surface area contributed by atoms with Crippen LogP contribution in [0, 0.1) is 0 Å². The average molecular weight is 135 g/mol. The van der Waals surface area contributed by atoms with Crippen LogP contribution in [-0.2, 0) is 0 Å². The number of allylic oxidation sites excluding steroid dienone is 1. The molecule has 1 aliphatic rings. The summed E-state index contributed by atoms with van der Waals surface area (Å²) in [6.07, 6.45) is 6.57. The average Bonchev–Trinajstić information content (AvgIpc) is 2.36. The lowest BCUT2D eigenvalue weighted by Crippen LogP contribution is -2.07. The molecule has 1 heterocycles. The van der Waals surface area contributed by atoms with Crippen LogP contribution in [0.3, 0.4) is 0 Å². The largest absolute Gasteiger partial charge is 0.403 e. The normalized spacial score (nSPS) is 23.6. The van der Waals surface area contributed by atoms with Crippen molar-refractivity contribution in [2.24, 2.45) is 10.7 Å². The van der Waals surface area contributed by atoms with Gasteiger partial charge in [-0.2, -0.15) is 0 Å². The van der Waals surface area contributed by atoms with Crippen LogP contribution in [0.4, 0.5) is 0 Å². The fraction of sp³-hybridized carbons (Fsp3) is 0. The van der Waals surface area contributed by atoms with E-state index >= 15 is 0 Å². The van der Waals surface area contributed by atoms with Gasteiger partial charge in [0.25, 0.3) is 0 Å². The molecule has 0 spiro atoms. The minimum Gasteiger partial charge on any atom is -0.403 e. The first-order valence-corrected chi connectivity index (χ1v) is 2.92. The number of hydrogen-bond donors (Lipinski definition) is 2. The minimum atomic E-state index is 0.817.